The molecule has 1 heterocycles. The van der Waals surface area contributed by atoms with E-state index in [9.17, 15) is 19.3 Å². The lowest BCUT2D eigenvalue weighted by atomic mass is 10.2. The van der Waals surface area contributed by atoms with Gasteiger partial charge in [0.05, 0.1) is 4.92 Å². The minimum atomic E-state index is -0.955. The average molecular weight is 422 g/mol. The van der Waals surface area contributed by atoms with Gasteiger partial charge in [0.25, 0.3) is 5.56 Å². The molecular formula is C11H7Br2FN4O3. The van der Waals surface area contributed by atoms with Crippen LogP contribution in [0.25, 0.3) is 0 Å². The summed E-state index contributed by atoms with van der Waals surface area (Å²) in [6.45, 7) is 0. The smallest absolute Gasteiger partial charge is 0.306 e. The predicted molar refractivity (Wildman–Crippen MR) is 81.2 cm³/mol. The number of anilines is 2. The molecule has 0 bridgehead atoms. The van der Waals surface area contributed by atoms with Gasteiger partial charge in [-0.2, -0.15) is 4.39 Å². The summed E-state index contributed by atoms with van der Waals surface area (Å²) >= 11 is 6.34. The van der Waals surface area contributed by atoms with Gasteiger partial charge >= 0.3 is 5.69 Å². The Hall–Kier alpha value is -1.81. The molecule has 10 heteroatoms. The van der Waals surface area contributed by atoms with E-state index in [1.54, 1.807) is 0 Å². The van der Waals surface area contributed by atoms with Crippen LogP contribution in [0.4, 0.5) is 21.6 Å². The van der Waals surface area contributed by atoms with Gasteiger partial charge in [-0.3, -0.25) is 14.9 Å². The van der Waals surface area contributed by atoms with Crippen molar-refractivity contribution in [3.8, 4) is 0 Å². The molecule has 21 heavy (non-hydrogen) atoms. The molecule has 0 spiro atoms. The highest BCUT2D eigenvalue weighted by Crippen LogP contribution is 2.24. The third-order valence-electron chi connectivity index (χ3n) is 2.59. The number of aromatic nitrogens is 2. The molecule has 0 aliphatic carbocycles. The zero-order valence-corrected chi connectivity index (χ0v) is 13.6. The maximum atomic E-state index is 13.3. The van der Waals surface area contributed by atoms with Crippen molar-refractivity contribution >= 4 is 49.1 Å². The number of hydrogen-bond donors (Lipinski definition) is 1. The summed E-state index contributed by atoms with van der Waals surface area (Å²) in [6.07, 6.45) is 0. The fourth-order valence-corrected chi connectivity index (χ4v) is 2.22. The first kappa shape index (κ1) is 15.6. The van der Waals surface area contributed by atoms with E-state index in [1.165, 1.54) is 17.7 Å². The largest absolute Gasteiger partial charge is 0.335 e. The van der Waals surface area contributed by atoms with Crippen molar-refractivity contribution in [2.75, 3.05) is 5.32 Å². The minimum absolute atomic E-state index is 0.0477. The Morgan fingerprint density at radius 1 is 1.43 bits per heavy atom. The maximum absolute atomic E-state index is 13.3. The molecule has 1 aromatic carbocycles. The van der Waals surface area contributed by atoms with Crippen molar-refractivity contribution in [1.29, 1.82) is 0 Å². The quantitative estimate of drug-likeness (QED) is 0.607. The number of halogens is 3. The topological polar surface area (TPSA) is 90.1 Å². The van der Waals surface area contributed by atoms with Gasteiger partial charge in [-0.05, 0) is 44.0 Å². The molecule has 110 valence electrons. The van der Waals surface area contributed by atoms with Gasteiger partial charge in [0, 0.05) is 18.8 Å². The molecule has 0 amide bonds. The van der Waals surface area contributed by atoms with Gasteiger partial charge in [0.2, 0.25) is 5.82 Å². The van der Waals surface area contributed by atoms with Crippen LogP contribution in [0.5, 0.6) is 0 Å². The molecule has 1 N–H and O–H groups in total. The predicted octanol–water partition coefficient (Wildman–Crippen LogP) is 3.10. The van der Waals surface area contributed by atoms with Crippen molar-refractivity contribution in [3.63, 3.8) is 0 Å². The molecular weight excluding hydrogens is 415 g/mol. The number of benzene rings is 1. The van der Waals surface area contributed by atoms with Crippen LogP contribution in [0.1, 0.15) is 0 Å². The van der Waals surface area contributed by atoms with Gasteiger partial charge in [-0.25, -0.2) is 4.98 Å². The molecule has 0 saturated carbocycles. The van der Waals surface area contributed by atoms with E-state index >= 15 is 0 Å². The molecule has 0 aliphatic heterocycles. The van der Waals surface area contributed by atoms with Crippen LogP contribution in [0, 0.1) is 15.9 Å². The highest BCUT2D eigenvalue weighted by atomic mass is 79.9. The third kappa shape index (κ3) is 3.10. The van der Waals surface area contributed by atoms with Gasteiger partial charge in [0.1, 0.15) is 9.21 Å². The number of rotatable bonds is 3. The summed E-state index contributed by atoms with van der Waals surface area (Å²) in [6, 6.07) is 3.21. The molecule has 0 aliphatic rings. The normalized spacial score (nSPS) is 10.5. The summed E-state index contributed by atoms with van der Waals surface area (Å²) < 4.78 is 15.4. The Morgan fingerprint density at radius 3 is 2.71 bits per heavy atom. The van der Waals surface area contributed by atoms with E-state index in [2.05, 4.69) is 42.2 Å². The summed E-state index contributed by atoms with van der Waals surface area (Å²) in [5, 5.41) is 13.3. The van der Waals surface area contributed by atoms with E-state index < -0.39 is 22.0 Å². The lowest BCUT2D eigenvalue weighted by molar-refractivity contribution is -0.387. The maximum Gasteiger partial charge on any atom is 0.306 e. The van der Waals surface area contributed by atoms with Crippen LogP contribution in [0.15, 0.2) is 32.2 Å². The van der Waals surface area contributed by atoms with Gasteiger partial charge < -0.3 is 9.88 Å². The van der Waals surface area contributed by atoms with Gasteiger partial charge in [0.15, 0.2) is 5.82 Å². The molecule has 0 unspecified atom stereocenters. The highest BCUT2D eigenvalue weighted by molar-refractivity contribution is 9.13. The molecule has 0 atom stereocenters. The Labute approximate surface area is 134 Å². The average Bonchev–Trinajstić information content (AvgIpc) is 2.44. The number of nitrogens with one attached hydrogen (secondary N) is 1. The summed E-state index contributed by atoms with van der Waals surface area (Å²) in [5.41, 5.74) is -0.952. The second-order valence-corrected chi connectivity index (χ2v) is 5.46. The minimum Gasteiger partial charge on any atom is -0.335 e. The van der Waals surface area contributed by atoms with Crippen LogP contribution in [-0.4, -0.2) is 14.5 Å². The van der Waals surface area contributed by atoms with Gasteiger partial charge in [-0.1, -0.05) is 0 Å². The first-order valence-electron chi connectivity index (χ1n) is 5.44. The molecule has 1 aromatic heterocycles. The standard InChI is InChI=1S/C11H7Br2FN4O3/c1-17-9(13)8(12)16-10(11(17)19)15-5-2-3-6(14)7(4-5)18(20)21/h2-4H,1H3,(H,15,16). The van der Waals surface area contributed by atoms with E-state index in [-0.39, 0.29) is 11.5 Å². The first-order valence-corrected chi connectivity index (χ1v) is 7.03. The SMILES string of the molecule is Cn1c(Br)c(Br)nc(Nc2ccc(F)c([N+](=O)[O-])c2)c1=O. The van der Waals surface area contributed by atoms with E-state index in [4.69, 9.17) is 0 Å². The summed E-state index contributed by atoms with van der Waals surface area (Å²) in [5.74, 6) is -1.00. The molecule has 0 radical (unpaired) electrons. The Kier molecular flexibility index (Phi) is 4.37. The molecule has 0 fully saturated rings. The fourth-order valence-electron chi connectivity index (χ4n) is 1.53. The van der Waals surface area contributed by atoms with E-state index in [0.717, 1.165) is 12.1 Å². The Balaban J connectivity index is 2.46. The van der Waals surface area contributed by atoms with Crippen LogP contribution < -0.4 is 10.9 Å². The Morgan fingerprint density at radius 2 is 2.10 bits per heavy atom. The number of nitro benzene ring substituents is 1. The second-order valence-electron chi connectivity index (χ2n) is 3.95. The fraction of sp³-hybridized carbons (Fsp3) is 0.0909. The monoisotopic (exact) mass is 420 g/mol. The lowest BCUT2D eigenvalue weighted by Crippen LogP contribution is -2.22. The number of nitro groups is 1. The van der Waals surface area contributed by atoms with Crippen molar-refractivity contribution in [1.82, 2.24) is 9.55 Å². The van der Waals surface area contributed by atoms with Crippen LogP contribution in [-0.2, 0) is 7.05 Å². The van der Waals surface area contributed by atoms with E-state index in [1.807, 2.05) is 0 Å². The number of nitrogens with zero attached hydrogens (tertiary/aromatic N) is 3. The summed E-state index contributed by atoms with van der Waals surface area (Å²) in [4.78, 5) is 25.8. The number of hydrogen-bond acceptors (Lipinski definition) is 5. The van der Waals surface area contributed by atoms with Crippen molar-refractivity contribution in [2.45, 2.75) is 0 Å². The lowest BCUT2D eigenvalue weighted by Gasteiger charge is -2.09. The van der Waals surface area contributed by atoms with Crippen molar-refractivity contribution in [2.24, 2.45) is 7.05 Å². The first-order chi connectivity index (χ1) is 9.81. The second kappa shape index (κ2) is 5.90. The highest BCUT2D eigenvalue weighted by Gasteiger charge is 2.16. The summed E-state index contributed by atoms with van der Waals surface area (Å²) in [7, 11) is 1.52. The Bertz CT molecular complexity index is 794. The van der Waals surface area contributed by atoms with E-state index in [0.29, 0.717) is 9.21 Å². The molecule has 2 aromatic rings. The zero-order valence-electron chi connectivity index (χ0n) is 10.4. The van der Waals surface area contributed by atoms with Gasteiger partial charge in [-0.15, -0.1) is 0 Å². The molecule has 2 rings (SSSR count). The molecule has 0 saturated heterocycles. The van der Waals surface area contributed by atoms with Crippen LogP contribution in [0.2, 0.25) is 0 Å². The van der Waals surface area contributed by atoms with Crippen LogP contribution >= 0.6 is 31.9 Å². The zero-order chi connectivity index (χ0) is 15.7. The van der Waals surface area contributed by atoms with Crippen molar-refractivity contribution < 1.29 is 9.31 Å². The van der Waals surface area contributed by atoms with Crippen LogP contribution in [0.3, 0.4) is 0 Å². The molecule has 7 nitrogen and oxygen atoms in total. The van der Waals surface area contributed by atoms with Crippen molar-refractivity contribution in [3.05, 3.63) is 53.7 Å². The third-order valence-corrected chi connectivity index (χ3v) is 4.58.